The third kappa shape index (κ3) is 3.20. The summed E-state index contributed by atoms with van der Waals surface area (Å²) in [5.74, 6) is -0.0814. The number of benzene rings is 2. The normalized spacial score (nSPS) is 18.0. The molecule has 0 atom stereocenters. The summed E-state index contributed by atoms with van der Waals surface area (Å²) in [6.45, 7) is 1.89. The van der Waals surface area contributed by atoms with Crippen molar-refractivity contribution in [2.45, 2.75) is 6.92 Å². The van der Waals surface area contributed by atoms with Crippen molar-refractivity contribution in [1.82, 2.24) is 5.32 Å². The molecular formula is C17H14N2O2S. The number of amides is 1. The van der Waals surface area contributed by atoms with Crippen LogP contribution in [0, 0.1) is 6.92 Å². The second-order valence-electron chi connectivity index (χ2n) is 4.88. The van der Waals surface area contributed by atoms with Gasteiger partial charge in [0, 0.05) is 0 Å². The lowest BCUT2D eigenvalue weighted by atomic mass is 10.2. The number of hydrogen-bond donors (Lipinski definition) is 2. The summed E-state index contributed by atoms with van der Waals surface area (Å²) >= 11 is 1.26. The molecule has 3 rings (SSSR count). The van der Waals surface area contributed by atoms with Crippen LogP contribution in [0.4, 0.5) is 5.69 Å². The summed E-state index contributed by atoms with van der Waals surface area (Å²) in [6, 6.07) is 14.9. The van der Waals surface area contributed by atoms with Crippen LogP contribution in [0.1, 0.15) is 11.1 Å². The van der Waals surface area contributed by atoms with Crippen LogP contribution >= 0.6 is 11.8 Å². The van der Waals surface area contributed by atoms with Crippen LogP contribution in [0.15, 0.2) is 58.4 Å². The number of thioether (sulfide) groups is 1. The lowest BCUT2D eigenvalue weighted by molar-refractivity contribution is -0.115. The van der Waals surface area contributed by atoms with Crippen LogP contribution < -0.4 is 5.32 Å². The molecule has 0 radical (unpaired) electrons. The Balaban J connectivity index is 1.85. The van der Waals surface area contributed by atoms with Crippen LogP contribution in [-0.2, 0) is 4.79 Å². The van der Waals surface area contributed by atoms with Gasteiger partial charge in [-0.1, -0.05) is 36.4 Å². The first-order chi connectivity index (χ1) is 10.6. The molecule has 1 amide bonds. The van der Waals surface area contributed by atoms with Crippen LogP contribution in [-0.4, -0.2) is 16.2 Å². The number of nitrogens with one attached hydrogen (secondary N) is 1. The molecule has 0 aromatic heterocycles. The Hall–Kier alpha value is -2.53. The van der Waals surface area contributed by atoms with Crippen molar-refractivity contribution in [1.29, 1.82) is 0 Å². The number of phenolic OH excluding ortho intramolecular Hbond substituents is 1. The van der Waals surface area contributed by atoms with E-state index < -0.39 is 0 Å². The van der Waals surface area contributed by atoms with E-state index in [9.17, 15) is 9.90 Å². The number of hydrogen-bond acceptors (Lipinski definition) is 4. The summed E-state index contributed by atoms with van der Waals surface area (Å²) in [5.41, 5.74) is 2.35. The van der Waals surface area contributed by atoms with Crippen molar-refractivity contribution in [2.24, 2.45) is 4.99 Å². The van der Waals surface area contributed by atoms with Gasteiger partial charge in [-0.2, -0.15) is 0 Å². The Labute approximate surface area is 132 Å². The quantitative estimate of drug-likeness (QED) is 0.833. The second kappa shape index (κ2) is 6.07. The molecule has 1 saturated heterocycles. The predicted octanol–water partition coefficient (Wildman–Crippen LogP) is 3.59. The van der Waals surface area contributed by atoms with Gasteiger partial charge in [0.2, 0.25) is 0 Å². The van der Waals surface area contributed by atoms with Crippen LogP contribution in [0.5, 0.6) is 5.75 Å². The Morgan fingerprint density at radius 1 is 1.18 bits per heavy atom. The van der Waals surface area contributed by atoms with Crippen molar-refractivity contribution < 1.29 is 9.90 Å². The zero-order chi connectivity index (χ0) is 15.5. The number of aryl methyl sites for hydroxylation is 1. The third-order valence-electron chi connectivity index (χ3n) is 3.10. The van der Waals surface area contributed by atoms with Gasteiger partial charge < -0.3 is 10.4 Å². The molecule has 0 spiro atoms. The first kappa shape index (κ1) is 14.4. The molecule has 5 heteroatoms. The Kier molecular flexibility index (Phi) is 3.98. The smallest absolute Gasteiger partial charge is 0.264 e. The van der Waals surface area contributed by atoms with E-state index in [1.54, 1.807) is 12.1 Å². The number of aliphatic imine (C=N–C) groups is 1. The van der Waals surface area contributed by atoms with Gasteiger partial charge in [-0.15, -0.1) is 0 Å². The molecule has 0 aliphatic carbocycles. The van der Waals surface area contributed by atoms with Gasteiger partial charge in [0.15, 0.2) is 5.17 Å². The maximum Gasteiger partial charge on any atom is 0.264 e. The summed E-state index contributed by atoms with van der Waals surface area (Å²) < 4.78 is 0. The molecule has 4 nitrogen and oxygen atoms in total. The number of rotatable bonds is 2. The van der Waals surface area contributed by atoms with Crippen molar-refractivity contribution >= 4 is 34.6 Å². The minimum Gasteiger partial charge on any atom is -0.506 e. The van der Waals surface area contributed by atoms with E-state index >= 15 is 0 Å². The molecule has 22 heavy (non-hydrogen) atoms. The highest BCUT2D eigenvalue weighted by Crippen LogP contribution is 2.32. The van der Waals surface area contributed by atoms with Gasteiger partial charge in [-0.05, 0) is 48.0 Å². The van der Waals surface area contributed by atoms with Crippen LogP contribution in [0.2, 0.25) is 0 Å². The van der Waals surface area contributed by atoms with E-state index in [0.29, 0.717) is 15.8 Å². The average molecular weight is 310 g/mol. The minimum atomic E-state index is -0.181. The lowest BCUT2D eigenvalue weighted by Crippen LogP contribution is -2.19. The summed E-state index contributed by atoms with van der Waals surface area (Å²) in [5, 5.41) is 13.0. The standard InChI is InChI=1S/C17H14N2O2S/c1-11-7-8-13(14(20)9-11)18-17-19-16(21)15(22-17)10-12-5-3-2-4-6-12/h2-10,20H,1H3,(H,18,19,21)/b15-10-. The van der Waals surface area contributed by atoms with E-state index in [1.165, 1.54) is 11.8 Å². The van der Waals surface area contributed by atoms with E-state index in [2.05, 4.69) is 10.3 Å². The van der Waals surface area contributed by atoms with E-state index in [4.69, 9.17) is 0 Å². The van der Waals surface area contributed by atoms with Crippen molar-refractivity contribution in [2.75, 3.05) is 0 Å². The maximum absolute atomic E-state index is 12.0. The number of amidine groups is 1. The Bertz CT molecular complexity index is 783. The number of nitrogens with zero attached hydrogens (tertiary/aromatic N) is 1. The lowest BCUT2D eigenvalue weighted by Gasteiger charge is -2.01. The van der Waals surface area contributed by atoms with E-state index in [1.807, 2.05) is 49.4 Å². The maximum atomic E-state index is 12.0. The largest absolute Gasteiger partial charge is 0.506 e. The van der Waals surface area contributed by atoms with Gasteiger partial charge >= 0.3 is 0 Å². The molecule has 1 heterocycles. The fourth-order valence-corrected chi connectivity index (χ4v) is 2.85. The van der Waals surface area contributed by atoms with E-state index in [-0.39, 0.29) is 11.7 Å². The molecule has 2 aromatic carbocycles. The van der Waals surface area contributed by atoms with Crippen molar-refractivity contribution in [3.63, 3.8) is 0 Å². The highest BCUT2D eigenvalue weighted by Gasteiger charge is 2.24. The topological polar surface area (TPSA) is 61.7 Å². The highest BCUT2D eigenvalue weighted by atomic mass is 32.2. The number of phenols is 1. The zero-order valence-corrected chi connectivity index (χ0v) is 12.7. The number of aromatic hydroxyl groups is 1. The average Bonchev–Trinajstić information content (AvgIpc) is 2.83. The molecule has 0 saturated carbocycles. The van der Waals surface area contributed by atoms with Crippen LogP contribution in [0.3, 0.4) is 0 Å². The first-order valence-electron chi connectivity index (χ1n) is 6.76. The fraction of sp³-hybridized carbons (Fsp3) is 0.0588. The number of carbonyl (C=O) groups is 1. The third-order valence-corrected chi connectivity index (χ3v) is 4.01. The Morgan fingerprint density at radius 2 is 1.95 bits per heavy atom. The van der Waals surface area contributed by atoms with Gasteiger partial charge in [0.1, 0.15) is 11.4 Å². The highest BCUT2D eigenvalue weighted by molar-refractivity contribution is 8.18. The summed E-state index contributed by atoms with van der Waals surface area (Å²) in [7, 11) is 0. The Morgan fingerprint density at radius 3 is 2.68 bits per heavy atom. The molecule has 0 unspecified atom stereocenters. The molecule has 0 bridgehead atoms. The second-order valence-corrected chi connectivity index (χ2v) is 5.92. The summed E-state index contributed by atoms with van der Waals surface area (Å²) in [4.78, 5) is 16.9. The first-order valence-corrected chi connectivity index (χ1v) is 7.58. The summed E-state index contributed by atoms with van der Waals surface area (Å²) in [6.07, 6.45) is 1.82. The number of carbonyl (C=O) groups excluding carboxylic acids is 1. The van der Waals surface area contributed by atoms with Gasteiger partial charge in [0.25, 0.3) is 5.91 Å². The molecule has 1 aliphatic heterocycles. The van der Waals surface area contributed by atoms with Crippen LogP contribution in [0.25, 0.3) is 6.08 Å². The molecular weight excluding hydrogens is 296 g/mol. The van der Waals surface area contributed by atoms with Gasteiger partial charge in [0.05, 0.1) is 4.91 Å². The molecule has 110 valence electrons. The van der Waals surface area contributed by atoms with Gasteiger partial charge in [-0.25, -0.2) is 4.99 Å². The SMILES string of the molecule is Cc1ccc(N=C2NC(=O)/C(=C/c3ccccc3)S2)c(O)c1. The van der Waals surface area contributed by atoms with E-state index in [0.717, 1.165) is 11.1 Å². The monoisotopic (exact) mass is 310 g/mol. The van der Waals surface area contributed by atoms with Gasteiger partial charge in [-0.3, -0.25) is 4.79 Å². The molecule has 1 fully saturated rings. The minimum absolute atomic E-state index is 0.0998. The fourth-order valence-electron chi connectivity index (χ4n) is 2.02. The van der Waals surface area contributed by atoms with Crippen molar-refractivity contribution in [3.05, 3.63) is 64.6 Å². The van der Waals surface area contributed by atoms with Crippen molar-refractivity contribution in [3.8, 4) is 5.75 Å². The molecule has 2 N–H and O–H groups in total. The molecule has 2 aromatic rings. The molecule has 1 aliphatic rings. The predicted molar refractivity (Wildman–Crippen MR) is 90.1 cm³/mol. The zero-order valence-electron chi connectivity index (χ0n) is 11.9.